The number of H-pyrrole nitrogens is 2. The van der Waals surface area contributed by atoms with Gasteiger partial charge in [0.05, 0.1) is 11.0 Å². The van der Waals surface area contributed by atoms with Crippen LogP contribution in [-0.4, -0.2) is 25.3 Å². The summed E-state index contributed by atoms with van der Waals surface area (Å²) in [5, 5.41) is 17.0. The molecular formula is C19H18N4O. The van der Waals surface area contributed by atoms with E-state index in [4.69, 9.17) is 4.98 Å². The average Bonchev–Trinajstić information content (AvgIpc) is 3.12. The van der Waals surface area contributed by atoms with Crippen LogP contribution in [0.2, 0.25) is 0 Å². The molecule has 0 amide bonds. The van der Waals surface area contributed by atoms with Crippen LogP contribution in [-0.2, 0) is 0 Å². The molecule has 0 atom stereocenters. The highest BCUT2D eigenvalue weighted by Crippen LogP contribution is 2.33. The molecule has 24 heavy (non-hydrogen) atoms. The van der Waals surface area contributed by atoms with Crippen molar-refractivity contribution in [1.29, 1.82) is 0 Å². The monoisotopic (exact) mass is 318 g/mol. The molecule has 0 aliphatic rings. The predicted molar refractivity (Wildman–Crippen MR) is 95.0 cm³/mol. The minimum atomic E-state index is 0.246. The summed E-state index contributed by atoms with van der Waals surface area (Å²) in [4.78, 5) is 8.09. The second kappa shape index (κ2) is 5.23. The molecule has 0 saturated carbocycles. The number of aromatic amines is 2. The second-order valence-electron chi connectivity index (χ2n) is 6.16. The van der Waals surface area contributed by atoms with E-state index in [2.05, 4.69) is 41.2 Å². The number of imidazole rings is 1. The molecule has 3 N–H and O–H groups in total. The zero-order valence-electron chi connectivity index (χ0n) is 13.8. The minimum Gasteiger partial charge on any atom is -0.508 e. The van der Waals surface area contributed by atoms with Crippen LogP contribution in [0.15, 0.2) is 36.4 Å². The molecule has 0 bridgehead atoms. The van der Waals surface area contributed by atoms with Crippen molar-refractivity contribution < 1.29 is 5.11 Å². The lowest BCUT2D eigenvalue weighted by atomic mass is 10.0. The van der Waals surface area contributed by atoms with Crippen molar-refractivity contribution in [3.63, 3.8) is 0 Å². The molecule has 4 aromatic rings. The Morgan fingerprint density at radius 3 is 2.42 bits per heavy atom. The quantitative estimate of drug-likeness (QED) is 0.517. The van der Waals surface area contributed by atoms with Crippen molar-refractivity contribution in [2.75, 3.05) is 0 Å². The molecule has 4 rings (SSSR count). The number of nitrogens with one attached hydrogen (secondary N) is 2. The molecule has 0 aliphatic carbocycles. The maximum Gasteiger partial charge on any atom is 0.159 e. The molecule has 0 unspecified atom stereocenters. The van der Waals surface area contributed by atoms with Crippen LogP contribution in [0.1, 0.15) is 16.8 Å². The van der Waals surface area contributed by atoms with E-state index >= 15 is 0 Å². The number of phenols is 1. The van der Waals surface area contributed by atoms with Crippen molar-refractivity contribution in [2.45, 2.75) is 20.8 Å². The van der Waals surface area contributed by atoms with Crippen LogP contribution in [0.5, 0.6) is 5.75 Å². The van der Waals surface area contributed by atoms with Crippen LogP contribution in [0.25, 0.3) is 33.7 Å². The van der Waals surface area contributed by atoms with Gasteiger partial charge in [0.2, 0.25) is 0 Å². The van der Waals surface area contributed by atoms with Gasteiger partial charge in [-0.15, -0.1) is 0 Å². The standard InChI is InChI=1S/C19H18N4O/c1-10-8-15-16(9-11(10)2)21-19(20-15)18-17(12(3)22-23-18)13-4-6-14(24)7-5-13/h4-9,24H,1-3H3,(H,20,21)(H,22,23). The van der Waals surface area contributed by atoms with Gasteiger partial charge in [-0.05, 0) is 61.7 Å². The van der Waals surface area contributed by atoms with Crippen molar-refractivity contribution in [2.24, 2.45) is 0 Å². The highest BCUT2D eigenvalue weighted by Gasteiger charge is 2.17. The number of aromatic hydroxyl groups is 1. The Morgan fingerprint density at radius 2 is 1.67 bits per heavy atom. The van der Waals surface area contributed by atoms with Crippen molar-refractivity contribution >= 4 is 11.0 Å². The average molecular weight is 318 g/mol. The van der Waals surface area contributed by atoms with Gasteiger partial charge in [-0.3, -0.25) is 5.10 Å². The summed E-state index contributed by atoms with van der Waals surface area (Å²) in [5.41, 5.74) is 8.11. The maximum absolute atomic E-state index is 9.52. The Kier molecular flexibility index (Phi) is 3.16. The van der Waals surface area contributed by atoms with Gasteiger partial charge < -0.3 is 10.1 Å². The van der Waals surface area contributed by atoms with E-state index in [1.165, 1.54) is 11.1 Å². The summed E-state index contributed by atoms with van der Waals surface area (Å²) in [6.07, 6.45) is 0. The fourth-order valence-corrected chi connectivity index (χ4v) is 2.96. The van der Waals surface area contributed by atoms with Crippen LogP contribution >= 0.6 is 0 Å². The van der Waals surface area contributed by atoms with Crippen LogP contribution < -0.4 is 0 Å². The van der Waals surface area contributed by atoms with E-state index in [0.29, 0.717) is 0 Å². The molecule has 2 heterocycles. The Bertz CT molecular complexity index is 1000. The maximum atomic E-state index is 9.52. The summed E-state index contributed by atoms with van der Waals surface area (Å²) >= 11 is 0. The summed E-state index contributed by atoms with van der Waals surface area (Å²) in [6.45, 7) is 6.16. The minimum absolute atomic E-state index is 0.246. The van der Waals surface area contributed by atoms with E-state index in [1.807, 2.05) is 19.1 Å². The highest BCUT2D eigenvalue weighted by molar-refractivity contribution is 5.85. The van der Waals surface area contributed by atoms with E-state index in [9.17, 15) is 5.11 Å². The normalized spacial score (nSPS) is 11.3. The Morgan fingerprint density at radius 1 is 0.958 bits per heavy atom. The number of benzene rings is 2. The highest BCUT2D eigenvalue weighted by atomic mass is 16.3. The summed E-state index contributed by atoms with van der Waals surface area (Å²) in [7, 11) is 0. The molecule has 0 radical (unpaired) electrons. The fourth-order valence-electron chi connectivity index (χ4n) is 2.96. The lowest BCUT2D eigenvalue weighted by Gasteiger charge is -2.02. The molecule has 2 aromatic carbocycles. The van der Waals surface area contributed by atoms with Gasteiger partial charge in [-0.1, -0.05) is 12.1 Å². The first-order chi connectivity index (χ1) is 11.5. The van der Waals surface area contributed by atoms with Gasteiger partial charge >= 0.3 is 0 Å². The third kappa shape index (κ3) is 2.25. The molecule has 0 spiro atoms. The third-order valence-corrected chi connectivity index (χ3v) is 4.42. The summed E-state index contributed by atoms with van der Waals surface area (Å²) in [5.74, 6) is 0.985. The van der Waals surface area contributed by atoms with Gasteiger partial charge in [0.25, 0.3) is 0 Å². The predicted octanol–water partition coefficient (Wildman–Crippen LogP) is 4.25. The number of hydrogen-bond acceptors (Lipinski definition) is 3. The molecule has 120 valence electrons. The fraction of sp³-hybridized carbons (Fsp3) is 0.158. The third-order valence-electron chi connectivity index (χ3n) is 4.42. The Balaban J connectivity index is 1.90. The lowest BCUT2D eigenvalue weighted by Crippen LogP contribution is -1.86. The molecule has 5 heteroatoms. The van der Waals surface area contributed by atoms with Crippen LogP contribution in [0.3, 0.4) is 0 Å². The number of phenolic OH excluding ortho intramolecular Hbond substituents is 1. The zero-order chi connectivity index (χ0) is 16.8. The number of aryl methyl sites for hydroxylation is 3. The van der Waals surface area contributed by atoms with Crippen molar-refractivity contribution in [1.82, 2.24) is 20.2 Å². The van der Waals surface area contributed by atoms with Crippen molar-refractivity contribution in [3.05, 3.63) is 53.2 Å². The molecule has 0 saturated heterocycles. The summed E-state index contributed by atoms with van der Waals surface area (Å²) < 4.78 is 0. The Hall–Kier alpha value is -3.08. The van der Waals surface area contributed by atoms with E-state index in [0.717, 1.165) is 39.4 Å². The number of fused-ring (bicyclic) bond motifs is 1. The number of rotatable bonds is 2. The van der Waals surface area contributed by atoms with Gasteiger partial charge in [0.15, 0.2) is 5.82 Å². The van der Waals surface area contributed by atoms with Gasteiger partial charge in [0.1, 0.15) is 11.4 Å². The molecule has 2 aromatic heterocycles. The first kappa shape index (κ1) is 14.5. The molecular weight excluding hydrogens is 300 g/mol. The molecule has 0 aliphatic heterocycles. The topological polar surface area (TPSA) is 77.6 Å². The number of nitrogens with zero attached hydrogens (tertiary/aromatic N) is 2. The Labute approximate surface area is 139 Å². The van der Waals surface area contributed by atoms with Gasteiger partial charge in [0, 0.05) is 11.3 Å². The number of aromatic nitrogens is 4. The van der Waals surface area contributed by atoms with E-state index in [1.54, 1.807) is 12.1 Å². The van der Waals surface area contributed by atoms with Gasteiger partial charge in [-0.25, -0.2) is 4.98 Å². The molecule has 5 nitrogen and oxygen atoms in total. The second-order valence-corrected chi connectivity index (χ2v) is 6.16. The number of hydrogen-bond donors (Lipinski definition) is 3. The van der Waals surface area contributed by atoms with E-state index in [-0.39, 0.29) is 5.75 Å². The van der Waals surface area contributed by atoms with Crippen molar-refractivity contribution in [3.8, 4) is 28.4 Å². The van der Waals surface area contributed by atoms with Gasteiger partial charge in [-0.2, -0.15) is 5.10 Å². The SMILES string of the molecule is Cc1cc2nc(-c3n[nH]c(C)c3-c3ccc(O)cc3)[nH]c2cc1C. The van der Waals surface area contributed by atoms with E-state index < -0.39 is 0 Å². The lowest BCUT2D eigenvalue weighted by molar-refractivity contribution is 0.475. The largest absolute Gasteiger partial charge is 0.508 e. The smallest absolute Gasteiger partial charge is 0.159 e. The molecule has 0 fully saturated rings. The zero-order valence-corrected chi connectivity index (χ0v) is 13.8. The van der Waals surface area contributed by atoms with Crippen LogP contribution in [0.4, 0.5) is 0 Å². The summed E-state index contributed by atoms with van der Waals surface area (Å²) in [6, 6.07) is 11.3. The first-order valence-electron chi connectivity index (χ1n) is 7.84. The van der Waals surface area contributed by atoms with Crippen LogP contribution in [0, 0.1) is 20.8 Å². The first-order valence-corrected chi connectivity index (χ1v) is 7.84.